The molecular formula is C18H18F2N4O3. The van der Waals surface area contributed by atoms with Gasteiger partial charge in [0.2, 0.25) is 0 Å². The largest absolute Gasteiger partial charge is 0.485 e. The molecule has 1 atom stereocenters. The minimum absolute atomic E-state index is 0.0484. The fourth-order valence-electron chi connectivity index (χ4n) is 2.83. The lowest BCUT2D eigenvalue weighted by molar-refractivity contribution is -0.111. The van der Waals surface area contributed by atoms with Crippen molar-refractivity contribution in [1.29, 1.82) is 0 Å². The van der Waals surface area contributed by atoms with Crippen molar-refractivity contribution in [1.82, 2.24) is 9.97 Å². The summed E-state index contributed by atoms with van der Waals surface area (Å²) in [5, 5.41) is 11.9. The van der Waals surface area contributed by atoms with Crippen molar-refractivity contribution in [3.8, 4) is 5.75 Å². The van der Waals surface area contributed by atoms with Crippen LogP contribution in [-0.2, 0) is 11.2 Å². The fraction of sp³-hybridized carbons (Fsp3) is 0.278. The maximum absolute atomic E-state index is 13.5. The number of aliphatic hydroxyl groups is 1. The Morgan fingerprint density at radius 2 is 2.15 bits per heavy atom. The molecule has 0 unspecified atom stereocenters. The minimum atomic E-state index is -2.84. The molecule has 1 aromatic carbocycles. The third-order valence-corrected chi connectivity index (χ3v) is 4.19. The Bertz CT molecular complexity index is 890. The summed E-state index contributed by atoms with van der Waals surface area (Å²) in [6.45, 7) is 1.41. The van der Waals surface area contributed by atoms with Gasteiger partial charge in [-0.25, -0.2) is 18.7 Å². The molecule has 142 valence electrons. The van der Waals surface area contributed by atoms with E-state index in [1.54, 1.807) is 13.0 Å². The first-order valence-electron chi connectivity index (χ1n) is 8.12. The Morgan fingerprint density at radius 1 is 1.44 bits per heavy atom. The van der Waals surface area contributed by atoms with Gasteiger partial charge in [0.1, 0.15) is 11.4 Å². The number of hydrogen-bond donors (Lipinski definition) is 3. The number of fused-ring (bicyclic) bond motifs is 1. The van der Waals surface area contributed by atoms with Crippen LogP contribution >= 0.6 is 0 Å². The number of nitrogens with zero attached hydrogens (tertiary/aromatic N) is 2. The van der Waals surface area contributed by atoms with E-state index in [1.807, 2.05) is 0 Å². The molecule has 0 saturated carbocycles. The van der Waals surface area contributed by atoms with Gasteiger partial charge in [0.15, 0.2) is 5.82 Å². The summed E-state index contributed by atoms with van der Waals surface area (Å²) in [7, 11) is 0. The molecule has 3 rings (SSSR count). The molecule has 9 heteroatoms. The maximum atomic E-state index is 13.5. The number of aromatic nitrogens is 2. The van der Waals surface area contributed by atoms with Gasteiger partial charge in [-0.3, -0.25) is 4.79 Å². The molecule has 0 bridgehead atoms. The Hall–Kier alpha value is -3.07. The molecule has 0 fully saturated rings. The number of carbonyl (C=O) groups excluding carboxylic acids is 1. The average Bonchev–Trinajstić information content (AvgIpc) is 2.98. The molecule has 1 aromatic heterocycles. The van der Waals surface area contributed by atoms with Crippen molar-refractivity contribution in [3.63, 3.8) is 0 Å². The van der Waals surface area contributed by atoms with Crippen molar-refractivity contribution >= 4 is 17.2 Å². The predicted octanol–water partition coefficient (Wildman–Crippen LogP) is 2.04. The lowest BCUT2D eigenvalue weighted by Crippen LogP contribution is -2.34. The van der Waals surface area contributed by atoms with Crippen molar-refractivity contribution in [2.45, 2.75) is 25.4 Å². The third-order valence-electron chi connectivity index (χ3n) is 4.19. The number of halogens is 2. The molecule has 27 heavy (non-hydrogen) atoms. The highest BCUT2D eigenvalue weighted by atomic mass is 19.3. The van der Waals surface area contributed by atoms with E-state index in [-0.39, 0.29) is 29.4 Å². The SMILES string of the molecule is C[C@]1(CO)Cc2cc(NC(=O)/C(=C/N)c3ncccn3)c(C(F)F)cc2O1. The zero-order valence-electron chi connectivity index (χ0n) is 14.4. The zero-order chi connectivity index (χ0) is 19.6. The summed E-state index contributed by atoms with van der Waals surface area (Å²) in [5.41, 5.74) is 4.73. The first-order valence-corrected chi connectivity index (χ1v) is 8.12. The molecule has 2 aromatic rings. The first kappa shape index (κ1) is 18.7. The topological polar surface area (TPSA) is 110 Å². The molecular weight excluding hydrogens is 358 g/mol. The highest BCUT2D eigenvalue weighted by Crippen LogP contribution is 2.41. The summed E-state index contributed by atoms with van der Waals surface area (Å²) in [5.74, 6) is -0.372. The van der Waals surface area contributed by atoms with Crippen LogP contribution in [0.2, 0.25) is 0 Å². The molecule has 7 nitrogen and oxygen atoms in total. The number of amides is 1. The number of nitrogens with two attached hydrogens (primary N) is 1. The summed E-state index contributed by atoms with van der Waals surface area (Å²) < 4.78 is 32.6. The summed E-state index contributed by atoms with van der Waals surface area (Å²) in [6, 6.07) is 4.18. The number of anilines is 1. The van der Waals surface area contributed by atoms with Gasteiger partial charge in [0.25, 0.3) is 12.3 Å². The summed E-state index contributed by atoms with van der Waals surface area (Å²) in [6.07, 6.45) is 1.38. The van der Waals surface area contributed by atoms with Crippen molar-refractivity contribution in [2.24, 2.45) is 5.73 Å². The number of rotatable bonds is 5. The summed E-state index contributed by atoms with van der Waals surface area (Å²) in [4.78, 5) is 20.4. The number of hydrogen-bond acceptors (Lipinski definition) is 6. The fourth-order valence-corrected chi connectivity index (χ4v) is 2.83. The van der Waals surface area contributed by atoms with Crippen LogP contribution in [0.1, 0.15) is 30.3 Å². The number of aliphatic hydroxyl groups excluding tert-OH is 1. The molecule has 0 radical (unpaired) electrons. The van der Waals surface area contributed by atoms with Crippen LogP contribution in [0.3, 0.4) is 0 Å². The maximum Gasteiger partial charge on any atom is 0.265 e. The Morgan fingerprint density at radius 3 is 2.74 bits per heavy atom. The van der Waals surface area contributed by atoms with Gasteiger partial charge >= 0.3 is 0 Å². The van der Waals surface area contributed by atoms with Crippen LogP contribution in [-0.4, -0.2) is 33.2 Å². The van der Waals surface area contributed by atoms with Gasteiger partial charge in [0.05, 0.1) is 17.9 Å². The highest BCUT2D eigenvalue weighted by molar-refractivity contribution is 6.24. The Kier molecular flexibility index (Phi) is 5.04. The smallest absolute Gasteiger partial charge is 0.265 e. The van der Waals surface area contributed by atoms with Crippen LogP contribution in [0, 0.1) is 0 Å². The molecule has 0 spiro atoms. The van der Waals surface area contributed by atoms with Crippen LogP contribution in [0.25, 0.3) is 5.57 Å². The molecule has 2 heterocycles. The Balaban J connectivity index is 1.93. The van der Waals surface area contributed by atoms with Gasteiger partial charge in [-0.1, -0.05) is 0 Å². The van der Waals surface area contributed by atoms with E-state index in [2.05, 4.69) is 15.3 Å². The van der Waals surface area contributed by atoms with Gasteiger partial charge < -0.3 is 20.9 Å². The molecule has 1 aliphatic rings. The van der Waals surface area contributed by atoms with E-state index >= 15 is 0 Å². The van der Waals surface area contributed by atoms with Crippen LogP contribution in [0.15, 0.2) is 36.8 Å². The monoisotopic (exact) mass is 376 g/mol. The van der Waals surface area contributed by atoms with E-state index < -0.39 is 23.5 Å². The van der Waals surface area contributed by atoms with Crippen molar-refractivity contribution in [2.75, 3.05) is 11.9 Å². The predicted molar refractivity (Wildman–Crippen MR) is 94.0 cm³/mol. The molecule has 0 aliphatic carbocycles. The van der Waals surface area contributed by atoms with E-state index in [1.165, 1.54) is 24.5 Å². The lowest BCUT2D eigenvalue weighted by atomic mass is 9.98. The molecule has 0 saturated heterocycles. The first-order chi connectivity index (χ1) is 12.9. The molecule has 1 aliphatic heterocycles. The number of nitrogens with one attached hydrogen (secondary N) is 1. The highest BCUT2D eigenvalue weighted by Gasteiger charge is 2.36. The number of carbonyl (C=O) groups is 1. The lowest BCUT2D eigenvalue weighted by Gasteiger charge is -2.20. The minimum Gasteiger partial charge on any atom is -0.485 e. The number of ether oxygens (including phenoxy) is 1. The molecule has 4 N–H and O–H groups in total. The van der Waals surface area contributed by atoms with E-state index in [9.17, 15) is 18.7 Å². The van der Waals surface area contributed by atoms with Gasteiger partial charge in [0, 0.05) is 36.1 Å². The van der Waals surface area contributed by atoms with Crippen LogP contribution in [0.5, 0.6) is 5.75 Å². The van der Waals surface area contributed by atoms with Crippen LogP contribution in [0.4, 0.5) is 14.5 Å². The second-order valence-corrected chi connectivity index (χ2v) is 6.34. The van der Waals surface area contributed by atoms with Crippen molar-refractivity contribution < 1.29 is 23.4 Å². The summed E-state index contributed by atoms with van der Waals surface area (Å²) >= 11 is 0. The Labute approximate surface area is 153 Å². The standard InChI is InChI=1S/C18H18F2N4O3/c1-18(9-25)7-10-5-13(11(15(19)20)6-14(10)27-18)24-17(26)12(8-21)16-22-3-2-4-23-16/h2-6,8,15,25H,7,9,21H2,1H3,(H,24,26)/b12-8+/t18-/m1/s1. The third kappa shape index (κ3) is 3.72. The molecule has 1 amide bonds. The van der Waals surface area contributed by atoms with Gasteiger partial charge in [-0.15, -0.1) is 0 Å². The van der Waals surface area contributed by atoms with Crippen LogP contribution < -0.4 is 15.8 Å². The van der Waals surface area contributed by atoms with E-state index in [0.29, 0.717) is 12.0 Å². The average molecular weight is 376 g/mol. The van der Waals surface area contributed by atoms with E-state index in [0.717, 1.165) is 6.20 Å². The number of alkyl halides is 2. The van der Waals surface area contributed by atoms with Crippen molar-refractivity contribution in [3.05, 3.63) is 53.7 Å². The second-order valence-electron chi connectivity index (χ2n) is 6.34. The normalized spacial score (nSPS) is 18.9. The van der Waals surface area contributed by atoms with Gasteiger partial charge in [-0.2, -0.15) is 0 Å². The van der Waals surface area contributed by atoms with Gasteiger partial charge in [-0.05, 0) is 25.1 Å². The van der Waals surface area contributed by atoms with E-state index in [4.69, 9.17) is 10.5 Å². The zero-order valence-corrected chi connectivity index (χ0v) is 14.4. The quantitative estimate of drug-likeness (QED) is 0.689. The second kappa shape index (κ2) is 7.28. The number of benzene rings is 1.